The van der Waals surface area contributed by atoms with Crippen LogP contribution >= 0.6 is 0 Å². The second-order valence-corrected chi connectivity index (χ2v) is 11.3. The summed E-state index contributed by atoms with van der Waals surface area (Å²) in [5.41, 5.74) is 4.52. The van der Waals surface area contributed by atoms with E-state index >= 15 is 0 Å². The fraction of sp³-hybridized carbons (Fsp3) is 0.406. The number of fused-ring (bicyclic) bond motifs is 5. The predicted molar refractivity (Wildman–Crippen MR) is 165 cm³/mol. The summed E-state index contributed by atoms with van der Waals surface area (Å²) in [6.45, 7) is 5.76. The van der Waals surface area contributed by atoms with Gasteiger partial charge in [0.2, 0.25) is 11.8 Å². The molecule has 2 aliphatic heterocycles. The zero-order chi connectivity index (χ0) is 32.6. The van der Waals surface area contributed by atoms with Crippen LogP contribution in [-0.2, 0) is 20.8 Å². The highest BCUT2D eigenvalue weighted by Gasteiger charge is 2.40. The highest BCUT2D eigenvalue weighted by molar-refractivity contribution is 5.97. The molecule has 242 valence electrons. The van der Waals surface area contributed by atoms with Gasteiger partial charge in [0.15, 0.2) is 0 Å². The van der Waals surface area contributed by atoms with E-state index < -0.39 is 5.92 Å². The lowest BCUT2D eigenvalue weighted by Gasteiger charge is -2.25. The quantitative estimate of drug-likeness (QED) is 0.283. The predicted octanol–water partition coefficient (Wildman–Crippen LogP) is 2.48. The summed E-state index contributed by atoms with van der Waals surface area (Å²) in [6.07, 6.45) is 1.47. The summed E-state index contributed by atoms with van der Waals surface area (Å²) in [5.74, 6) is 0.522. The van der Waals surface area contributed by atoms with Gasteiger partial charge in [-0.1, -0.05) is 17.3 Å². The largest absolute Gasteiger partial charge is 0.494 e. The van der Waals surface area contributed by atoms with Crippen molar-refractivity contribution in [2.24, 2.45) is 5.92 Å². The molecule has 3 N–H and O–H groups in total. The van der Waals surface area contributed by atoms with E-state index in [2.05, 4.69) is 25.9 Å². The number of hydrogen-bond acceptors (Lipinski definition) is 9. The number of aromatic amines is 1. The SMILES string of the molecule is Cc1noc(C)c1CCC(=O)N1C[C@@H]2C(=O)NCCN(C(=O)c3ccc4n[nH]nc4c3)CCCOc3cccc(c3)[C@H]2C1.O=CO. The molecule has 46 heavy (non-hydrogen) atoms. The van der Waals surface area contributed by atoms with Gasteiger partial charge in [-0.05, 0) is 62.6 Å². The van der Waals surface area contributed by atoms with E-state index in [9.17, 15) is 14.4 Å². The fourth-order valence-corrected chi connectivity index (χ4v) is 6.06. The Morgan fingerprint density at radius 2 is 1.83 bits per heavy atom. The second-order valence-electron chi connectivity index (χ2n) is 11.3. The van der Waals surface area contributed by atoms with E-state index in [4.69, 9.17) is 19.2 Å². The van der Waals surface area contributed by atoms with E-state index in [1.807, 2.05) is 38.1 Å². The third-order valence-electron chi connectivity index (χ3n) is 8.44. The molecule has 2 aromatic heterocycles. The van der Waals surface area contributed by atoms with Crippen LogP contribution in [0.2, 0.25) is 0 Å². The van der Waals surface area contributed by atoms with Crippen molar-refractivity contribution in [1.29, 1.82) is 0 Å². The Labute approximate surface area is 265 Å². The topological polar surface area (TPSA) is 184 Å². The summed E-state index contributed by atoms with van der Waals surface area (Å²) in [5, 5.41) is 24.7. The number of amides is 3. The van der Waals surface area contributed by atoms with E-state index in [-0.39, 0.29) is 30.1 Å². The maximum absolute atomic E-state index is 13.6. The van der Waals surface area contributed by atoms with Gasteiger partial charge in [0, 0.05) is 56.2 Å². The molecule has 0 aliphatic carbocycles. The minimum atomic E-state index is -0.431. The number of hydrogen-bond donors (Lipinski definition) is 3. The minimum Gasteiger partial charge on any atom is -0.494 e. The van der Waals surface area contributed by atoms with Gasteiger partial charge in [0.25, 0.3) is 12.4 Å². The summed E-state index contributed by atoms with van der Waals surface area (Å²) in [6, 6.07) is 13.0. The van der Waals surface area contributed by atoms with Crippen LogP contribution in [0.1, 0.15) is 51.7 Å². The number of rotatable bonds is 4. The molecule has 3 amide bonds. The number of ether oxygens (including phenoxy) is 1. The third-order valence-corrected chi connectivity index (χ3v) is 8.44. The molecule has 2 bridgehead atoms. The number of carbonyl (C=O) groups is 4. The van der Waals surface area contributed by atoms with Crippen molar-refractivity contribution in [3.8, 4) is 5.75 Å². The molecule has 2 aliphatic rings. The first-order valence-electron chi connectivity index (χ1n) is 15.2. The smallest absolute Gasteiger partial charge is 0.290 e. The van der Waals surface area contributed by atoms with Gasteiger partial charge in [-0.25, -0.2) is 0 Å². The van der Waals surface area contributed by atoms with Crippen molar-refractivity contribution in [2.45, 2.75) is 39.0 Å². The maximum Gasteiger partial charge on any atom is 0.290 e. The van der Waals surface area contributed by atoms with Crippen molar-refractivity contribution in [2.75, 3.05) is 39.3 Å². The highest BCUT2D eigenvalue weighted by Crippen LogP contribution is 2.35. The lowest BCUT2D eigenvalue weighted by Crippen LogP contribution is -2.42. The number of benzene rings is 2. The molecule has 0 saturated carbocycles. The Bertz CT molecular complexity index is 1680. The van der Waals surface area contributed by atoms with Crippen LogP contribution in [0.25, 0.3) is 11.0 Å². The Morgan fingerprint density at radius 1 is 1.04 bits per heavy atom. The molecule has 4 heterocycles. The lowest BCUT2D eigenvalue weighted by atomic mass is 9.88. The molecule has 6 rings (SSSR count). The van der Waals surface area contributed by atoms with Gasteiger partial charge in [-0.3, -0.25) is 19.2 Å². The molecule has 14 heteroatoms. The number of nitrogens with one attached hydrogen (secondary N) is 2. The first-order valence-corrected chi connectivity index (χ1v) is 15.2. The molecule has 0 radical (unpaired) electrons. The summed E-state index contributed by atoms with van der Waals surface area (Å²) in [4.78, 5) is 52.3. The fourth-order valence-electron chi connectivity index (χ4n) is 6.06. The number of carboxylic acid groups (broad SMARTS) is 1. The zero-order valence-electron chi connectivity index (χ0n) is 25.8. The number of aromatic nitrogens is 4. The van der Waals surface area contributed by atoms with E-state index in [0.717, 1.165) is 22.6 Å². The van der Waals surface area contributed by atoms with Crippen LogP contribution < -0.4 is 10.1 Å². The third kappa shape index (κ3) is 7.33. The maximum atomic E-state index is 13.6. The van der Waals surface area contributed by atoms with E-state index in [0.29, 0.717) is 80.9 Å². The van der Waals surface area contributed by atoms with Gasteiger partial charge in [0.1, 0.15) is 22.5 Å². The number of carbonyl (C=O) groups excluding carboxylic acids is 3. The van der Waals surface area contributed by atoms with Crippen LogP contribution in [0.3, 0.4) is 0 Å². The average molecular weight is 632 g/mol. The number of likely N-dealkylation sites (tertiary alicyclic amines) is 1. The number of aryl methyl sites for hydroxylation is 2. The molecule has 14 nitrogen and oxygen atoms in total. The Morgan fingerprint density at radius 3 is 2.61 bits per heavy atom. The first-order chi connectivity index (χ1) is 22.3. The van der Waals surface area contributed by atoms with Crippen LogP contribution in [0.5, 0.6) is 5.75 Å². The van der Waals surface area contributed by atoms with Crippen molar-refractivity contribution in [1.82, 2.24) is 35.7 Å². The zero-order valence-corrected chi connectivity index (χ0v) is 25.8. The van der Waals surface area contributed by atoms with E-state index in [1.54, 1.807) is 28.0 Å². The second kappa shape index (κ2) is 14.7. The summed E-state index contributed by atoms with van der Waals surface area (Å²) in [7, 11) is 0. The van der Waals surface area contributed by atoms with Crippen LogP contribution in [0, 0.1) is 19.8 Å². The van der Waals surface area contributed by atoms with Crippen molar-refractivity contribution < 1.29 is 33.5 Å². The molecule has 2 atom stereocenters. The molecule has 0 unspecified atom stereocenters. The number of nitrogens with zero attached hydrogens (tertiary/aromatic N) is 5. The van der Waals surface area contributed by atoms with Gasteiger partial charge >= 0.3 is 0 Å². The number of H-pyrrole nitrogens is 1. The van der Waals surface area contributed by atoms with Crippen molar-refractivity contribution in [3.63, 3.8) is 0 Å². The Kier molecular flexibility index (Phi) is 10.2. The first kappa shape index (κ1) is 32.1. The minimum absolute atomic E-state index is 0.00789. The highest BCUT2D eigenvalue weighted by atomic mass is 16.5. The molecular weight excluding hydrogens is 594 g/mol. The Balaban J connectivity index is 0.00000134. The molecule has 4 aromatic rings. The van der Waals surface area contributed by atoms with Crippen molar-refractivity contribution in [3.05, 3.63) is 70.6 Å². The van der Waals surface area contributed by atoms with Crippen LogP contribution in [0.4, 0.5) is 0 Å². The van der Waals surface area contributed by atoms with Gasteiger partial charge < -0.3 is 29.5 Å². The molecule has 1 fully saturated rings. The normalized spacial score (nSPS) is 18.4. The molecular formula is C32H37N7O7. The van der Waals surface area contributed by atoms with E-state index in [1.165, 1.54) is 0 Å². The van der Waals surface area contributed by atoms with Crippen LogP contribution in [-0.4, -0.2) is 99.0 Å². The summed E-state index contributed by atoms with van der Waals surface area (Å²) < 4.78 is 11.3. The molecule has 2 aromatic carbocycles. The lowest BCUT2D eigenvalue weighted by molar-refractivity contribution is -0.130. The van der Waals surface area contributed by atoms with Gasteiger partial charge in [-0.15, -0.1) is 0 Å². The molecule has 0 spiro atoms. The van der Waals surface area contributed by atoms with Gasteiger partial charge in [0.05, 0.1) is 18.2 Å². The molecule has 1 saturated heterocycles. The van der Waals surface area contributed by atoms with Crippen molar-refractivity contribution >= 4 is 35.2 Å². The average Bonchev–Trinajstić information content (AvgIpc) is 3.79. The Hall–Kier alpha value is -5.27. The standard InChI is InChI=1S/C31H35N7O5.CH2O2/c1-19-24(20(2)43-35-19)8-10-29(39)38-17-25-21-5-3-6-23(15-21)42-14-4-12-37(13-11-32-30(40)26(25)18-38)31(41)22-7-9-27-28(16-22)34-36-33-27;2-1-3/h3,5-7,9,15-16,25-26H,4,8,10-14,17-18H2,1-2H3,(H,32,40)(H,33,34,36);1H,(H,2,3)/t25-,26+;/m1./s1. The monoisotopic (exact) mass is 631 g/mol. The van der Waals surface area contributed by atoms with Crippen LogP contribution in [0.15, 0.2) is 47.0 Å². The van der Waals surface area contributed by atoms with Gasteiger partial charge in [-0.2, -0.15) is 15.4 Å². The summed E-state index contributed by atoms with van der Waals surface area (Å²) >= 11 is 0.